The number of aromatic nitrogens is 6. The number of anilines is 1. The van der Waals surface area contributed by atoms with E-state index in [2.05, 4.69) is 9.97 Å². The smallest absolute Gasteiger partial charge is 0.267 e. The van der Waals surface area contributed by atoms with Crippen molar-refractivity contribution in [2.75, 3.05) is 12.3 Å². The van der Waals surface area contributed by atoms with Crippen LogP contribution in [0.1, 0.15) is 29.1 Å². The minimum Gasteiger partial charge on any atom is -0.396 e. The summed E-state index contributed by atoms with van der Waals surface area (Å²) in [5.74, 6) is 0.895. The quantitative estimate of drug-likeness (QED) is 0.398. The van der Waals surface area contributed by atoms with Crippen molar-refractivity contribution in [2.24, 2.45) is 0 Å². The average Bonchev–Trinajstić information content (AvgIpc) is 3.35. The van der Waals surface area contributed by atoms with Crippen molar-refractivity contribution in [3.05, 3.63) is 69.0 Å². The van der Waals surface area contributed by atoms with Gasteiger partial charge < -0.3 is 10.8 Å². The minimum atomic E-state index is -0.103. The number of aryl methyl sites for hydroxylation is 3. The zero-order valence-electron chi connectivity index (χ0n) is 18.3. The number of benzene rings is 1. The van der Waals surface area contributed by atoms with E-state index < -0.39 is 0 Å². The molecule has 0 radical (unpaired) electrons. The molecule has 168 valence electrons. The summed E-state index contributed by atoms with van der Waals surface area (Å²) in [4.78, 5) is 27.8. The van der Waals surface area contributed by atoms with Gasteiger partial charge in [0.1, 0.15) is 29.3 Å². The van der Waals surface area contributed by atoms with E-state index in [0.717, 1.165) is 22.5 Å². The zero-order chi connectivity index (χ0) is 23.1. The van der Waals surface area contributed by atoms with E-state index in [9.17, 15) is 9.90 Å². The van der Waals surface area contributed by atoms with Crippen molar-refractivity contribution in [2.45, 2.75) is 33.2 Å². The number of aliphatic hydroxyl groups excluding tert-OH is 1. The van der Waals surface area contributed by atoms with E-state index in [0.29, 0.717) is 45.7 Å². The second-order valence-electron chi connectivity index (χ2n) is 7.94. The first-order valence-electron chi connectivity index (χ1n) is 10.6. The van der Waals surface area contributed by atoms with E-state index in [1.54, 1.807) is 9.25 Å². The molecular weight excluding hydrogens is 438 g/mol. The Morgan fingerprint density at radius 1 is 1.12 bits per heavy atom. The highest BCUT2D eigenvalue weighted by Gasteiger charge is 2.20. The van der Waals surface area contributed by atoms with Crippen LogP contribution in [0, 0.1) is 13.8 Å². The number of fused-ring (bicyclic) bond motifs is 2. The molecule has 0 fully saturated rings. The maximum atomic E-state index is 13.7. The summed E-state index contributed by atoms with van der Waals surface area (Å²) in [5, 5.41) is 17.3. The Morgan fingerprint density at radius 3 is 2.73 bits per heavy atom. The lowest BCUT2D eigenvalue weighted by Gasteiger charge is -2.15. The summed E-state index contributed by atoms with van der Waals surface area (Å²) in [6.07, 6.45) is 2.49. The Kier molecular flexibility index (Phi) is 5.39. The van der Waals surface area contributed by atoms with Crippen LogP contribution in [0.15, 0.2) is 40.8 Å². The minimum absolute atomic E-state index is 0.0464. The van der Waals surface area contributed by atoms with Gasteiger partial charge in [0.05, 0.1) is 22.2 Å². The maximum absolute atomic E-state index is 13.7. The molecule has 0 saturated heterocycles. The molecule has 0 saturated carbocycles. The van der Waals surface area contributed by atoms with Gasteiger partial charge in [0.25, 0.3) is 5.56 Å². The monoisotopic (exact) mass is 461 g/mol. The molecule has 1 aromatic carbocycles. The molecule has 5 rings (SSSR count). The van der Waals surface area contributed by atoms with Crippen LogP contribution in [0.25, 0.3) is 26.9 Å². The predicted octanol–water partition coefficient (Wildman–Crippen LogP) is 2.76. The molecule has 0 aliphatic heterocycles. The molecule has 3 N–H and O–H groups in total. The van der Waals surface area contributed by atoms with Gasteiger partial charge in [-0.3, -0.25) is 9.36 Å². The summed E-state index contributed by atoms with van der Waals surface area (Å²) < 4.78 is 3.38. The van der Waals surface area contributed by atoms with E-state index >= 15 is 0 Å². The van der Waals surface area contributed by atoms with Gasteiger partial charge in [-0.05, 0) is 49.3 Å². The number of nitrogen functional groups attached to an aromatic ring is 1. The summed E-state index contributed by atoms with van der Waals surface area (Å²) in [7, 11) is 0. The standard InChI is InChI=1S/C23H23N7O2S/c1-13-6-3-4-8-16(13)30-17(27-22-18(23(30)32)14(2)11-33-22)10-29-21-19(20(24)25-12-26-21)15(28-29)7-5-9-31/h3-4,6,8,11-12,31H,5,7,9-10H2,1-2H3,(H2,24,25,26). The fourth-order valence-corrected chi connectivity index (χ4v) is 5.04. The van der Waals surface area contributed by atoms with Crippen molar-refractivity contribution in [1.29, 1.82) is 0 Å². The molecule has 10 heteroatoms. The van der Waals surface area contributed by atoms with Crippen LogP contribution < -0.4 is 11.3 Å². The van der Waals surface area contributed by atoms with Crippen molar-refractivity contribution in [1.82, 2.24) is 29.3 Å². The molecule has 33 heavy (non-hydrogen) atoms. The van der Waals surface area contributed by atoms with Gasteiger partial charge in [0, 0.05) is 6.61 Å². The fraction of sp³-hybridized carbons (Fsp3) is 0.261. The number of nitrogens with zero attached hydrogens (tertiary/aromatic N) is 6. The summed E-state index contributed by atoms with van der Waals surface area (Å²) in [5.41, 5.74) is 9.99. The molecule has 4 aromatic heterocycles. The van der Waals surface area contributed by atoms with E-state index in [1.807, 2.05) is 43.5 Å². The van der Waals surface area contributed by atoms with Gasteiger partial charge in [-0.1, -0.05) is 18.2 Å². The van der Waals surface area contributed by atoms with Gasteiger partial charge in [-0.25, -0.2) is 19.6 Å². The van der Waals surface area contributed by atoms with Crippen molar-refractivity contribution < 1.29 is 5.11 Å². The van der Waals surface area contributed by atoms with Gasteiger partial charge in [-0.15, -0.1) is 11.3 Å². The molecule has 0 amide bonds. The molecule has 0 spiro atoms. The first-order chi connectivity index (χ1) is 16.0. The van der Waals surface area contributed by atoms with Crippen molar-refractivity contribution in [3.63, 3.8) is 0 Å². The molecule has 0 unspecified atom stereocenters. The third-order valence-electron chi connectivity index (χ3n) is 5.71. The average molecular weight is 462 g/mol. The lowest BCUT2D eigenvalue weighted by atomic mass is 10.2. The normalized spacial score (nSPS) is 11.6. The number of nitrogens with two attached hydrogens (primary N) is 1. The zero-order valence-corrected chi connectivity index (χ0v) is 19.1. The predicted molar refractivity (Wildman–Crippen MR) is 129 cm³/mol. The molecule has 4 heterocycles. The molecule has 0 atom stereocenters. The number of thiophene rings is 1. The van der Waals surface area contributed by atoms with Crippen LogP contribution in [0.2, 0.25) is 0 Å². The van der Waals surface area contributed by atoms with Crippen molar-refractivity contribution >= 4 is 38.4 Å². The molecule has 9 nitrogen and oxygen atoms in total. The van der Waals surface area contributed by atoms with E-state index in [1.165, 1.54) is 17.7 Å². The SMILES string of the molecule is Cc1ccccc1-n1c(Cn2nc(CCCO)c3c(N)ncnc32)nc2scc(C)c2c1=O. The Labute approximate surface area is 193 Å². The highest BCUT2D eigenvalue weighted by molar-refractivity contribution is 7.16. The third kappa shape index (κ3) is 3.57. The second kappa shape index (κ2) is 8.38. The van der Waals surface area contributed by atoms with Crippen LogP contribution in [0.4, 0.5) is 5.82 Å². The topological polar surface area (TPSA) is 125 Å². The Balaban J connectivity index is 1.74. The Hall–Kier alpha value is -3.63. The van der Waals surface area contributed by atoms with E-state index in [-0.39, 0.29) is 18.7 Å². The first kappa shape index (κ1) is 21.2. The highest BCUT2D eigenvalue weighted by Crippen LogP contribution is 2.26. The van der Waals surface area contributed by atoms with Crippen molar-refractivity contribution in [3.8, 4) is 5.69 Å². The number of aliphatic hydroxyl groups is 1. The van der Waals surface area contributed by atoms with Crippen LogP contribution in [-0.4, -0.2) is 41.0 Å². The fourth-order valence-electron chi connectivity index (χ4n) is 4.11. The maximum Gasteiger partial charge on any atom is 0.267 e. The van der Waals surface area contributed by atoms with Gasteiger partial charge in [-0.2, -0.15) is 5.10 Å². The first-order valence-corrected chi connectivity index (χ1v) is 11.5. The van der Waals surface area contributed by atoms with Crippen LogP contribution in [0.3, 0.4) is 0 Å². The molecular formula is C23H23N7O2S. The van der Waals surface area contributed by atoms with Crippen LogP contribution in [-0.2, 0) is 13.0 Å². The largest absolute Gasteiger partial charge is 0.396 e. The third-order valence-corrected chi connectivity index (χ3v) is 6.70. The highest BCUT2D eigenvalue weighted by atomic mass is 32.1. The van der Waals surface area contributed by atoms with Gasteiger partial charge in [0.2, 0.25) is 0 Å². The lowest BCUT2D eigenvalue weighted by molar-refractivity contribution is 0.288. The Morgan fingerprint density at radius 2 is 1.94 bits per heavy atom. The lowest BCUT2D eigenvalue weighted by Crippen LogP contribution is -2.26. The number of rotatable bonds is 6. The summed E-state index contributed by atoms with van der Waals surface area (Å²) in [6, 6.07) is 7.75. The second-order valence-corrected chi connectivity index (χ2v) is 8.80. The molecule has 5 aromatic rings. The van der Waals surface area contributed by atoms with E-state index in [4.69, 9.17) is 15.8 Å². The molecule has 0 aliphatic carbocycles. The summed E-state index contributed by atoms with van der Waals surface area (Å²) >= 11 is 1.46. The molecule has 0 aliphatic rings. The number of para-hydroxylation sites is 1. The summed E-state index contributed by atoms with van der Waals surface area (Å²) in [6.45, 7) is 4.17. The Bertz CT molecular complexity index is 1550. The van der Waals surface area contributed by atoms with Crippen LogP contribution in [0.5, 0.6) is 0 Å². The number of hydrogen-bond acceptors (Lipinski definition) is 8. The number of hydrogen-bond donors (Lipinski definition) is 2. The van der Waals surface area contributed by atoms with Crippen LogP contribution >= 0.6 is 11.3 Å². The molecule has 0 bridgehead atoms. The van der Waals surface area contributed by atoms with Gasteiger partial charge >= 0.3 is 0 Å². The van der Waals surface area contributed by atoms with Gasteiger partial charge in [0.15, 0.2) is 5.65 Å².